The average Bonchev–Trinajstić information content (AvgIpc) is 2.25. The number of benzene rings is 1. The summed E-state index contributed by atoms with van der Waals surface area (Å²) in [6.45, 7) is 5.62. The van der Waals surface area contributed by atoms with Crippen molar-refractivity contribution in [2.45, 2.75) is 32.4 Å². The number of nitrogens with one attached hydrogen (secondary N) is 1. The molecule has 1 rings (SSSR count). The first kappa shape index (κ1) is 13.5. The molecule has 0 heterocycles. The Morgan fingerprint density at radius 3 is 2.41 bits per heavy atom. The lowest BCUT2D eigenvalue weighted by atomic mass is 10.1. The summed E-state index contributed by atoms with van der Waals surface area (Å²) >= 11 is 0. The molecule has 0 fully saturated rings. The zero-order valence-electron chi connectivity index (χ0n) is 10.5. The van der Waals surface area contributed by atoms with E-state index in [4.69, 9.17) is 0 Å². The lowest BCUT2D eigenvalue weighted by Crippen LogP contribution is -2.45. The molecule has 2 N–H and O–H groups in total. The molecular weight excluding hydrogens is 214 g/mol. The molecule has 0 aromatic heterocycles. The lowest BCUT2D eigenvalue weighted by molar-refractivity contribution is -0.128. The van der Waals surface area contributed by atoms with Crippen LogP contribution in [0.25, 0.3) is 6.08 Å². The van der Waals surface area contributed by atoms with E-state index in [0.29, 0.717) is 0 Å². The SMILES string of the molecule is CC(C)(C)NC(=O)[C@@H](O)/C=C/c1ccccc1. The van der Waals surface area contributed by atoms with Crippen molar-refractivity contribution in [3.63, 3.8) is 0 Å². The summed E-state index contributed by atoms with van der Waals surface area (Å²) in [6, 6.07) is 9.54. The summed E-state index contributed by atoms with van der Waals surface area (Å²) in [5, 5.41) is 12.4. The summed E-state index contributed by atoms with van der Waals surface area (Å²) in [5.41, 5.74) is 0.619. The van der Waals surface area contributed by atoms with Crippen molar-refractivity contribution < 1.29 is 9.90 Å². The highest BCUT2D eigenvalue weighted by molar-refractivity contribution is 5.84. The second kappa shape index (κ2) is 5.64. The van der Waals surface area contributed by atoms with Crippen LogP contribution in [0, 0.1) is 0 Å². The van der Waals surface area contributed by atoms with Crippen LogP contribution < -0.4 is 5.32 Å². The summed E-state index contributed by atoms with van der Waals surface area (Å²) in [4.78, 5) is 11.6. The average molecular weight is 233 g/mol. The molecule has 0 spiro atoms. The molecule has 0 aliphatic carbocycles. The minimum Gasteiger partial charge on any atom is -0.379 e. The number of carbonyl (C=O) groups is 1. The van der Waals surface area contributed by atoms with Gasteiger partial charge in [0, 0.05) is 5.54 Å². The summed E-state index contributed by atoms with van der Waals surface area (Å²) < 4.78 is 0. The van der Waals surface area contributed by atoms with Gasteiger partial charge in [0.1, 0.15) is 0 Å². The van der Waals surface area contributed by atoms with Crippen molar-refractivity contribution in [2.24, 2.45) is 0 Å². The van der Waals surface area contributed by atoms with Gasteiger partial charge in [0.05, 0.1) is 0 Å². The first-order valence-electron chi connectivity index (χ1n) is 5.62. The van der Waals surface area contributed by atoms with Crippen LogP contribution in [0.15, 0.2) is 36.4 Å². The molecule has 3 nitrogen and oxygen atoms in total. The second-order valence-electron chi connectivity index (χ2n) is 4.95. The van der Waals surface area contributed by atoms with Gasteiger partial charge in [-0.2, -0.15) is 0 Å². The molecule has 0 bridgehead atoms. The highest BCUT2D eigenvalue weighted by atomic mass is 16.3. The highest BCUT2D eigenvalue weighted by Crippen LogP contribution is 2.04. The minimum atomic E-state index is -1.12. The fourth-order valence-electron chi connectivity index (χ4n) is 1.30. The van der Waals surface area contributed by atoms with Crippen LogP contribution in [-0.2, 0) is 4.79 Å². The second-order valence-corrected chi connectivity index (χ2v) is 4.95. The van der Waals surface area contributed by atoms with Crippen LogP contribution in [0.5, 0.6) is 0 Å². The molecule has 0 saturated heterocycles. The van der Waals surface area contributed by atoms with E-state index in [0.717, 1.165) is 5.56 Å². The smallest absolute Gasteiger partial charge is 0.253 e. The maximum Gasteiger partial charge on any atom is 0.253 e. The molecule has 0 saturated carbocycles. The first-order chi connectivity index (χ1) is 7.88. The molecule has 1 atom stereocenters. The third kappa shape index (κ3) is 5.31. The molecule has 92 valence electrons. The maximum absolute atomic E-state index is 11.6. The van der Waals surface area contributed by atoms with Gasteiger partial charge in [-0.15, -0.1) is 0 Å². The van der Waals surface area contributed by atoms with Crippen LogP contribution in [-0.4, -0.2) is 22.7 Å². The Bertz CT molecular complexity index is 390. The van der Waals surface area contributed by atoms with Crippen LogP contribution in [0.2, 0.25) is 0 Å². The van der Waals surface area contributed by atoms with E-state index in [1.807, 2.05) is 51.1 Å². The number of aliphatic hydroxyl groups is 1. The Balaban J connectivity index is 2.58. The molecular formula is C14H19NO2. The predicted octanol–water partition coefficient (Wildman–Crippen LogP) is 1.98. The number of rotatable bonds is 3. The Morgan fingerprint density at radius 1 is 1.29 bits per heavy atom. The van der Waals surface area contributed by atoms with Gasteiger partial charge >= 0.3 is 0 Å². The topological polar surface area (TPSA) is 49.3 Å². The van der Waals surface area contributed by atoms with Gasteiger partial charge in [-0.3, -0.25) is 4.79 Å². The first-order valence-corrected chi connectivity index (χ1v) is 5.62. The summed E-state index contributed by atoms with van der Waals surface area (Å²) in [6.07, 6.45) is 2.10. The number of amides is 1. The fraction of sp³-hybridized carbons (Fsp3) is 0.357. The molecule has 3 heteroatoms. The maximum atomic E-state index is 11.6. The molecule has 1 aromatic rings. The number of carbonyl (C=O) groups excluding carboxylic acids is 1. The van der Waals surface area contributed by atoms with Gasteiger partial charge < -0.3 is 10.4 Å². The van der Waals surface area contributed by atoms with E-state index < -0.39 is 6.10 Å². The quantitative estimate of drug-likeness (QED) is 0.838. The highest BCUT2D eigenvalue weighted by Gasteiger charge is 2.18. The van der Waals surface area contributed by atoms with Gasteiger partial charge in [-0.05, 0) is 32.4 Å². The van der Waals surface area contributed by atoms with Crippen LogP contribution in [0.3, 0.4) is 0 Å². The summed E-state index contributed by atoms with van der Waals surface area (Å²) in [5.74, 6) is -0.385. The third-order valence-corrected chi connectivity index (χ3v) is 2.04. The Labute approximate surface area is 102 Å². The molecule has 0 radical (unpaired) electrons. The van der Waals surface area contributed by atoms with Crippen molar-refractivity contribution in [1.29, 1.82) is 0 Å². The van der Waals surface area contributed by atoms with Gasteiger partial charge in [-0.1, -0.05) is 36.4 Å². The molecule has 17 heavy (non-hydrogen) atoms. The number of hydrogen-bond donors (Lipinski definition) is 2. The van der Waals surface area contributed by atoms with Gasteiger partial charge in [0.15, 0.2) is 6.10 Å². The number of hydrogen-bond acceptors (Lipinski definition) is 2. The monoisotopic (exact) mass is 233 g/mol. The largest absolute Gasteiger partial charge is 0.379 e. The zero-order chi connectivity index (χ0) is 12.9. The molecule has 1 amide bonds. The van der Waals surface area contributed by atoms with E-state index >= 15 is 0 Å². The predicted molar refractivity (Wildman–Crippen MR) is 69.4 cm³/mol. The minimum absolute atomic E-state index is 0.335. The summed E-state index contributed by atoms with van der Waals surface area (Å²) in [7, 11) is 0. The van der Waals surface area contributed by atoms with Gasteiger partial charge in [0.25, 0.3) is 5.91 Å². The van der Waals surface area contributed by atoms with Crippen molar-refractivity contribution in [3.05, 3.63) is 42.0 Å². The van der Waals surface area contributed by atoms with E-state index in [2.05, 4.69) is 5.32 Å². The van der Waals surface area contributed by atoms with Crippen molar-refractivity contribution in [3.8, 4) is 0 Å². The lowest BCUT2D eigenvalue weighted by Gasteiger charge is -2.21. The van der Waals surface area contributed by atoms with Crippen molar-refractivity contribution in [1.82, 2.24) is 5.32 Å². The van der Waals surface area contributed by atoms with E-state index in [1.54, 1.807) is 6.08 Å². The molecule has 0 unspecified atom stereocenters. The van der Waals surface area contributed by atoms with Gasteiger partial charge in [0.2, 0.25) is 0 Å². The Kier molecular flexibility index (Phi) is 4.46. The third-order valence-electron chi connectivity index (χ3n) is 2.04. The van der Waals surface area contributed by atoms with Crippen molar-refractivity contribution >= 4 is 12.0 Å². The van der Waals surface area contributed by atoms with E-state index in [1.165, 1.54) is 6.08 Å². The zero-order valence-corrected chi connectivity index (χ0v) is 10.5. The molecule has 1 aromatic carbocycles. The standard InChI is InChI=1S/C14H19NO2/c1-14(2,3)15-13(17)12(16)10-9-11-7-5-4-6-8-11/h4-10,12,16H,1-3H3,(H,15,17)/b10-9+/t12-/m0/s1. The normalized spacial score (nSPS) is 13.6. The molecule has 0 aliphatic heterocycles. The van der Waals surface area contributed by atoms with Crippen LogP contribution in [0.4, 0.5) is 0 Å². The van der Waals surface area contributed by atoms with Gasteiger partial charge in [-0.25, -0.2) is 0 Å². The van der Waals surface area contributed by atoms with E-state index in [-0.39, 0.29) is 11.4 Å². The van der Waals surface area contributed by atoms with Crippen molar-refractivity contribution in [2.75, 3.05) is 0 Å². The number of aliphatic hydroxyl groups excluding tert-OH is 1. The van der Waals surface area contributed by atoms with Crippen LogP contribution in [0.1, 0.15) is 26.3 Å². The Hall–Kier alpha value is -1.61. The van der Waals surface area contributed by atoms with Crippen LogP contribution >= 0.6 is 0 Å². The molecule has 0 aliphatic rings. The van der Waals surface area contributed by atoms with E-state index in [9.17, 15) is 9.90 Å². The Morgan fingerprint density at radius 2 is 1.88 bits per heavy atom. The fourth-order valence-corrected chi connectivity index (χ4v) is 1.30.